The average molecular weight is 322 g/mol. The number of rotatable bonds is 3. The molecule has 0 aliphatic heterocycles. The van der Waals surface area contributed by atoms with Crippen LogP contribution >= 0.6 is 0 Å². The van der Waals surface area contributed by atoms with Gasteiger partial charge in [0.25, 0.3) is 0 Å². The highest BCUT2D eigenvalue weighted by molar-refractivity contribution is 6.03. The van der Waals surface area contributed by atoms with Gasteiger partial charge >= 0.3 is 0 Å². The molecule has 4 aromatic rings. The summed E-state index contributed by atoms with van der Waals surface area (Å²) in [5.74, 6) is -0.163. The Bertz CT molecular complexity index is 1030. The normalized spacial score (nSPS) is 11.1. The Labute approximate surface area is 137 Å². The number of halogens is 1. The van der Waals surface area contributed by atoms with E-state index < -0.39 is 5.82 Å². The maximum Gasteiger partial charge on any atom is 0.165 e. The van der Waals surface area contributed by atoms with E-state index in [2.05, 4.69) is 15.1 Å². The first-order chi connectivity index (χ1) is 11.7. The standard InChI is InChI=1S/C18H15FN4O/c1-23-10-12(8-22-23)14-9-21-18-17(14)13(5-6-20-18)11-3-4-16(24-2)15(19)7-11/h3-10H,1-2H3,(H,20,21). The molecule has 0 fully saturated rings. The molecule has 0 saturated carbocycles. The SMILES string of the molecule is COc1ccc(-c2ccnc3[nH]cc(-c4cnn(C)c4)c23)cc1F. The smallest absolute Gasteiger partial charge is 0.165 e. The van der Waals surface area contributed by atoms with Crippen molar-refractivity contribution in [2.75, 3.05) is 7.11 Å². The van der Waals surface area contributed by atoms with Crippen molar-refractivity contribution in [2.24, 2.45) is 7.05 Å². The molecule has 0 amide bonds. The van der Waals surface area contributed by atoms with Crippen LogP contribution in [0.25, 0.3) is 33.3 Å². The number of hydrogen-bond donors (Lipinski definition) is 1. The molecule has 0 radical (unpaired) electrons. The van der Waals surface area contributed by atoms with Gasteiger partial charge in [0.15, 0.2) is 11.6 Å². The molecular formula is C18H15FN4O. The summed E-state index contributed by atoms with van der Waals surface area (Å²) >= 11 is 0. The number of hydrogen-bond acceptors (Lipinski definition) is 3. The van der Waals surface area contributed by atoms with E-state index in [9.17, 15) is 4.39 Å². The molecule has 3 heterocycles. The number of fused-ring (bicyclic) bond motifs is 1. The molecule has 24 heavy (non-hydrogen) atoms. The number of pyridine rings is 1. The molecule has 0 spiro atoms. The van der Waals surface area contributed by atoms with Crippen LogP contribution in [0.4, 0.5) is 4.39 Å². The summed E-state index contributed by atoms with van der Waals surface area (Å²) in [6.07, 6.45) is 7.35. The lowest BCUT2D eigenvalue weighted by atomic mass is 9.99. The van der Waals surface area contributed by atoms with Crippen molar-refractivity contribution in [2.45, 2.75) is 0 Å². The number of methoxy groups -OCH3 is 1. The maximum absolute atomic E-state index is 14.1. The molecule has 0 saturated heterocycles. The Balaban J connectivity index is 1.96. The average Bonchev–Trinajstić information content (AvgIpc) is 3.20. The van der Waals surface area contributed by atoms with E-state index in [1.54, 1.807) is 23.1 Å². The quantitative estimate of drug-likeness (QED) is 0.624. The van der Waals surface area contributed by atoms with Crippen molar-refractivity contribution >= 4 is 11.0 Å². The Morgan fingerprint density at radius 3 is 2.75 bits per heavy atom. The van der Waals surface area contributed by atoms with Crippen molar-refractivity contribution in [3.8, 4) is 28.0 Å². The minimum atomic E-state index is -0.390. The third kappa shape index (κ3) is 2.23. The second kappa shape index (κ2) is 5.49. The monoisotopic (exact) mass is 322 g/mol. The van der Waals surface area contributed by atoms with Gasteiger partial charge in [-0.05, 0) is 29.3 Å². The topological polar surface area (TPSA) is 55.7 Å². The zero-order chi connectivity index (χ0) is 16.7. The lowest BCUT2D eigenvalue weighted by Crippen LogP contribution is -1.90. The minimum absolute atomic E-state index is 0.227. The van der Waals surface area contributed by atoms with Gasteiger partial charge in [-0.1, -0.05) is 6.07 Å². The Morgan fingerprint density at radius 2 is 2.04 bits per heavy atom. The fourth-order valence-corrected chi connectivity index (χ4v) is 2.92. The maximum atomic E-state index is 14.1. The molecule has 0 aliphatic carbocycles. The minimum Gasteiger partial charge on any atom is -0.494 e. The van der Waals surface area contributed by atoms with Gasteiger partial charge in [-0.3, -0.25) is 4.68 Å². The number of nitrogens with one attached hydrogen (secondary N) is 1. The first-order valence-electron chi connectivity index (χ1n) is 7.46. The summed E-state index contributed by atoms with van der Waals surface area (Å²) in [5.41, 5.74) is 4.39. The Kier molecular flexibility index (Phi) is 3.30. The number of aromatic nitrogens is 4. The molecule has 1 aromatic carbocycles. The lowest BCUT2D eigenvalue weighted by Gasteiger charge is -2.08. The number of benzene rings is 1. The van der Waals surface area contributed by atoms with Crippen molar-refractivity contribution in [1.82, 2.24) is 19.7 Å². The van der Waals surface area contributed by atoms with Crippen LogP contribution in [0.15, 0.2) is 49.1 Å². The van der Waals surface area contributed by atoms with Crippen LogP contribution in [0.3, 0.4) is 0 Å². The van der Waals surface area contributed by atoms with Crippen LogP contribution in [-0.4, -0.2) is 26.9 Å². The fourth-order valence-electron chi connectivity index (χ4n) is 2.92. The second-order valence-electron chi connectivity index (χ2n) is 5.54. The van der Waals surface area contributed by atoms with Gasteiger partial charge in [-0.25, -0.2) is 9.37 Å². The molecule has 0 bridgehead atoms. The molecule has 6 heteroatoms. The second-order valence-corrected chi connectivity index (χ2v) is 5.54. The summed E-state index contributed by atoms with van der Waals surface area (Å²) in [5, 5.41) is 5.16. The number of aryl methyl sites for hydroxylation is 1. The van der Waals surface area contributed by atoms with Gasteiger partial charge in [0.2, 0.25) is 0 Å². The van der Waals surface area contributed by atoms with Crippen molar-refractivity contribution in [3.63, 3.8) is 0 Å². The molecular weight excluding hydrogens is 307 g/mol. The highest BCUT2D eigenvalue weighted by atomic mass is 19.1. The summed E-state index contributed by atoms with van der Waals surface area (Å²) < 4.78 is 20.9. The predicted octanol–water partition coefficient (Wildman–Crippen LogP) is 3.78. The predicted molar refractivity (Wildman–Crippen MR) is 90.2 cm³/mol. The summed E-state index contributed by atoms with van der Waals surface area (Å²) in [4.78, 5) is 7.55. The van der Waals surface area contributed by atoms with Crippen molar-refractivity contribution in [3.05, 3.63) is 54.9 Å². The highest BCUT2D eigenvalue weighted by Gasteiger charge is 2.15. The molecule has 1 N–H and O–H groups in total. The number of nitrogens with zero attached hydrogens (tertiary/aromatic N) is 3. The van der Waals surface area contributed by atoms with Crippen LogP contribution < -0.4 is 4.74 Å². The molecule has 0 atom stereocenters. The van der Waals surface area contributed by atoms with Crippen LogP contribution in [0, 0.1) is 5.82 Å². The fraction of sp³-hybridized carbons (Fsp3) is 0.111. The zero-order valence-electron chi connectivity index (χ0n) is 13.2. The van der Waals surface area contributed by atoms with Crippen LogP contribution in [0.2, 0.25) is 0 Å². The molecule has 4 rings (SSSR count). The van der Waals surface area contributed by atoms with E-state index in [-0.39, 0.29) is 5.75 Å². The summed E-state index contributed by atoms with van der Waals surface area (Å²) in [7, 11) is 3.33. The summed E-state index contributed by atoms with van der Waals surface area (Å²) in [6, 6.07) is 6.84. The summed E-state index contributed by atoms with van der Waals surface area (Å²) in [6.45, 7) is 0. The van der Waals surface area contributed by atoms with Gasteiger partial charge in [-0.2, -0.15) is 5.10 Å². The highest BCUT2D eigenvalue weighted by Crippen LogP contribution is 2.36. The third-order valence-electron chi connectivity index (χ3n) is 4.05. The molecule has 3 aromatic heterocycles. The first-order valence-corrected chi connectivity index (χ1v) is 7.46. The van der Waals surface area contributed by atoms with Gasteiger partial charge in [-0.15, -0.1) is 0 Å². The van der Waals surface area contributed by atoms with Gasteiger partial charge in [0, 0.05) is 42.2 Å². The van der Waals surface area contributed by atoms with Crippen LogP contribution in [0.1, 0.15) is 0 Å². The van der Waals surface area contributed by atoms with Crippen molar-refractivity contribution in [1.29, 1.82) is 0 Å². The number of H-pyrrole nitrogens is 1. The number of aromatic amines is 1. The Morgan fingerprint density at radius 1 is 1.17 bits per heavy atom. The van der Waals surface area contributed by atoms with Crippen molar-refractivity contribution < 1.29 is 9.13 Å². The van der Waals surface area contributed by atoms with E-state index in [1.807, 2.05) is 31.6 Å². The van der Waals surface area contributed by atoms with Gasteiger partial charge < -0.3 is 9.72 Å². The van der Waals surface area contributed by atoms with Gasteiger partial charge in [0.05, 0.1) is 13.3 Å². The van der Waals surface area contributed by atoms with E-state index in [1.165, 1.54) is 13.2 Å². The molecule has 0 unspecified atom stereocenters. The van der Waals surface area contributed by atoms with Gasteiger partial charge in [0.1, 0.15) is 5.65 Å². The first kappa shape index (κ1) is 14.4. The van der Waals surface area contributed by atoms with E-state index in [0.29, 0.717) is 0 Å². The molecule has 5 nitrogen and oxygen atoms in total. The van der Waals surface area contributed by atoms with E-state index >= 15 is 0 Å². The third-order valence-corrected chi connectivity index (χ3v) is 4.05. The van der Waals surface area contributed by atoms with E-state index in [4.69, 9.17) is 4.74 Å². The van der Waals surface area contributed by atoms with E-state index in [0.717, 1.165) is 33.3 Å². The molecule has 0 aliphatic rings. The molecule has 120 valence electrons. The zero-order valence-corrected chi connectivity index (χ0v) is 13.2. The lowest BCUT2D eigenvalue weighted by molar-refractivity contribution is 0.386. The Hall–Kier alpha value is -3.15. The van der Waals surface area contributed by atoms with Crippen LogP contribution in [0.5, 0.6) is 5.75 Å². The largest absolute Gasteiger partial charge is 0.494 e. The number of ether oxygens (including phenoxy) is 1. The van der Waals surface area contributed by atoms with Crippen LogP contribution in [-0.2, 0) is 7.05 Å².